The normalized spacial score (nSPS) is 18.4. The monoisotopic (exact) mass is 201 g/mol. The number of hydrogen-bond acceptors (Lipinski definition) is 3. The van der Waals surface area contributed by atoms with Crippen LogP contribution in [-0.4, -0.2) is 40.0 Å². The van der Waals surface area contributed by atoms with Gasteiger partial charge in [-0.05, 0) is 31.2 Å². The lowest BCUT2D eigenvalue weighted by Gasteiger charge is -2.09. The van der Waals surface area contributed by atoms with Gasteiger partial charge in [0.15, 0.2) is 0 Å². The molecule has 1 fully saturated rings. The van der Waals surface area contributed by atoms with E-state index in [2.05, 4.69) is 12.2 Å². The van der Waals surface area contributed by atoms with Crippen molar-refractivity contribution in [3.8, 4) is 0 Å². The van der Waals surface area contributed by atoms with Gasteiger partial charge in [0.2, 0.25) is 0 Å². The molecule has 0 heterocycles. The molecule has 0 aromatic carbocycles. The summed E-state index contributed by atoms with van der Waals surface area (Å²) in [6, 6.07) is 0. The molecule has 0 unspecified atom stereocenters. The summed E-state index contributed by atoms with van der Waals surface area (Å²) in [5.74, 6) is 0. The van der Waals surface area contributed by atoms with Crippen molar-refractivity contribution in [1.29, 1.82) is 0 Å². The molecule has 0 amide bonds. The molecular formula is C11H23NO2. The predicted molar refractivity (Wildman–Crippen MR) is 57.5 cm³/mol. The van der Waals surface area contributed by atoms with E-state index >= 15 is 0 Å². The maximum Gasteiger partial charge on any atom is 0.0700 e. The molecule has 0 aromatic rings. The van der Waals surface area contributed by atoms with Crippen molar-refractivity contribution in [1.82, 2.24) is 5.32 Å². The maximum absolute atomic E-state index is 5.36. The highest BCUT2D eigenvalue weighted by Crippen LogP contribution is 2.43. The van der Waals surface area contributed by atoms with Gasteiger partial charge in [-0.25, -0.2) is 0 Å². The number of hydrogen-bond donors (Lipinski definition) is 1. The zero-order valence-corrected chi connectivity index (χ0v) is 9.47. The van der Waals surface area contributed by atoms with Crippen LogP contribution in [0.2, 0.25) is 0 Å². The number of rotatable bonds is 9. The minimum Gasteiger partial charge on any atom is -0.382 e. The molecule has 3 heteroatoms. The average molecular weight is 201 g/mol. The number of nitrogens with one attached hydrogen (secondary N) is 1. The SMILES string of the molecule is COCCOCCCNCC1(C)CC1. The lowest BCUT2D eigenvalue weighted by Crippen LogP contribution is -2.24. The first-order valence-electron chi connectivity index (χ1n) is 5.54. The van der Waals surface area contributed by atoms with Crippen LogP contribution in [-0.2, 0) is 9.47 Å². The Balaban J connectivity index is 1.72. The highest BCUT2D eigenvalue weighted by molar-refractivity contribution is 4.90. The molecule has 0 radical (unpaired) electrons. The average Bonchev–Trinajstić information content (AvgIpc) is 2.89. The Morgan fingerprint density at radius 1 is 1.21 bits per heavy atom. The lowest BCUT2D eigenvalue weighted by atomic mass is 10.1. The zero-order chi connectivity index (χ0) is 10.3. The minimum atomic E-state index is 0.622. The van der Waals surface area contributed by atoms with E-state index in [0.717, 1.165) is 19.6 Å². The van der Waals surface area contributed by atoms with Gasteiger partial charge < -0.3 is 14.8 Å². The van der Waals surface area contributed by atoms with Gasteiger partial charge in [-0.2, -0.15) is 0 Å². The first-order chi connectivity index (χ1) is 6.77. The Bertz CT molecular complexity index is 146. The van der Waals surface area contributed by atoms with Crippen molar-refractivity contribution in [3.63, 3.8) is 0 Å². The summed E-state index contributed by atoms with van der Waals surface area (Å²) in [5, 5.41) is 3.47. The molecule has 0 atom stereocenters. The largest absolute Gasteiger partial charge is 0.382 e. The highest BCUT2D eigenvalue weighted by atomic mass is 16.5. The molecule has 84 valence electrons. The van der Waals surface area contributed by atoms with Crippen molar-refractivity contribution in [3.05, 3.63) is 0 Å². The summed E-state index contributed by atoms with van der Waals surface area (Å²) < 4.78 is 10.2. The van der Waals surface area contributed by atoms with Crippen LogP contribution < -0.4 is 5.32 Å². The fraction of sp³-hybridized carbons (Fsp3) is 1.00. The molecule has 1 N–H and O–H groups in total. The topological polar surface area (TPSA) is 30.5 Å². The van der Waals surface area contributed by atoms with Crippen molar-refractivity contribution in [2.45, 2.75) is 26.2 Å². The Hall–Kier alpha value is -0.120. The molecule has 1 saturated carbocycles. The van der Waals surface area contributed by atoms with E-state index in [-0.39, 0.29) is 0 Å². The van der Waals surface area contributed by atoms with Crippen LogP contribution in [0.15, 0.2) is 0 Å². The van der Waals surface area contributed by atoms with Gasteiger partial charge in [-0.15, -0.1) is 0 Å². The zero-order valence-electron chi connectivity index (χ0n) is 9.47. The Labute approximate surface area is 87.2 Å². The summed E-state index contributed by atoms with van der Waals surface area (Å²) in [6.07, 6.45) is 3.88. The standard InChI is InChI=1S/C11H23NO2/c1-11(4-5-11)10-12-6-3-7-14-9-8-13-2/h12H,3-10H2,1-2H3. The first-order valence-corrected chi connectivity index (χ1v) is 5.54. The third kappa shape index (κ3) is 5.58. The molecule has 14 heavy (non-hydrogen) atoms. The van der Waals surface area contributed by atoms with Crippen molar-refractivity contribution in [2.75, 3.05) is 40.0 Å². The van der Waals surface area contributed by atoms with E-state index in [9.17, 15) is 0 Å². The third-order valence-corrected chi connectivity index (χ3v) is 2.73. The van der Waals surface area contributed by atoms with Crippen LogP contribution >= 0.6 is 0 Å². The van der Waals surface area contributed by atoms with Gasteiger partial charge in [-0.3, -0.25) is 0 Å². The Kier molecular flexibility index (Phi) is 5.45. The second-order valence-electron chi connectivity index (χ2n) is 4.45. The molecule has 1 aliphatic rings. The van der Waals surface area contributed by atoms with Crippen LogP contribution in [0.4, 0.5) is 0 Å². The van der Waals surface area contributed by atoms with E-state index in [1.807, 2.05) is 0 Å². The fourth-order valence-corrected chi connectivity index (χ4v) is 1.32. The van der Waals surface area contributed by atoms with Crippen molar-refractivity contribution < 1.29 is 9.47 Å². The van der Waals surface area contributed by atoms with Crippen LogP contribution in [0, 0.1) is 5.41 Å². The second kappa shape index (κ2) is 6.38. The van der Waals surface area contributed by atoms with E-state index < -0.39 is 0 Å². The summed E-state index contributed by atoms with van der Waals surface area (Å²) in [6.45, 7) is 6.84. The molecule has 1 aliphatic carbocycles. The minimum absolute atomic E-state index is 0.622. The van der Waals surface area contributed by atoms with Gasteiger partial charge in [0.05, 0.1) is 13.2 Å². The Morgan fingerprint density at radius 3 is 2.64 bits per heavy atom. The molecular weight excluding hydrogens is 178 g/mol. The molecule has 0 aromatic heterocycles. The van der Waals surface area contributed by atoms with Gasteiger partial charge in [0, 0.05) is 20.3 Å². The second-order valence-corrected chi connectivity index (χ2v) is 4.45. The fourth-order valence-electron chi connectivity index (χ4n) is 1.32. The smallest absolute Gasteiger partial charge is 0.0700 e. The Morgan fingerprint density at radius 2 is 2.00 bits per heavy atom. The van der Waals surface area contributed by atoms with E-state index in [0.29, 0.717) is 18.6 Å². The van der Waals surface area contributed by atoms with Crippen LogP contribution in [0.5, 0.6) is 0 Å². The number of methoxy groups -OCH3 is 1. The molecule has 3 nitrogen and oxygen atoms in total. The van der Waals surface area contributed by atoms with Crippen LogP contribution in [0.3, 0.4) is 0 Å². The quantitative estimate of drug-likeness (QED) is 0.572. The summed E-state index contributed by atoms with van der Waals surface area (Å²) in [5.41, 5.74) is 0.622. The van der Waals surface area contributed by atoms with Gasteiger partial charge in [0.25, 0.3) is 0 Å². The van der Waals surface area contributed by atoms with Crippen LogP contribution in [0.25, 0.3) is 0 Å². The van der Waals surface area contributed by atoms with Crippen molar-refractivity contribution >= 4 is 0 Å². The number of ether oxygens (including phenoxy) is 2. The highest BCUT2D eigenvalue weighted by Gasteiger charge is 2.36. The van der Waals surface area contributed by atoms with Crippen LogP contribution in [0.1, 0.15) is 26.2 Å². The summed E-state index contributed by atoms with van der Waals surface area (Å²) >= 11 is 0. The third-order valence-electron chi connectivity index (χ3n) is 2.73. The molecule has 0 saturated heterocycles. The lowest BCUT2D eigenvalue weighted by molar-refractivity contribution is 0.0694. The van der Waals surface area contributed by atoms with E-state index in [1.54, 1.807) is 7.11 Å². The van der Waals surface area contributed by atoms with E-state index in [4.69, 9.17) is 9.47 Å². The molecule has 0 bridgehead atoms. The summed E-state index contributed by atoms with van der Waals surface area (Å²) in [7, 11) is 1.70. The van der Waals surface area contributed by atoms with Gasteiger partial charge in [-0.1, -0.05) is 6.92 Å². The predicted octanol–water partition coefficient (Wildman–Crippen LogP) is 1.43. The van der Waals surface area contributed by atoms with Gasteiger partial charge >= 0.3 is 0 Å². The van der Waals surface area contributed by atoms with E-state index in [1.165, 1.54) is 19.4 Å². The van der Waals surface area contributed by atoms with Gasteiger partial charge in [0.1, 0.15) is 0 Å². The first kappa shape index (κ1) is 12.0. The summed E-state index contributed by atoms with van der Waals surface area (Å²) in [4.78, 5) is 0. The molecule has 0 spiro atoms. The maximum atomic E-state index is 5.36. The molecule has 0 aliphatic heterocycles. The van der Waals surface area contributed by atoms with Crippen molar-refractivity contribution in [2.24, 2.45) is 5.41 Å². The molecule has 1 rings (SSSR count).